The Hall–Kier alpha value is -1.89. The molecule has 1 N–H and O–H groups in total. The number of halogens is 2. The van der Waals surface area contributed by atoms with Gasteiger partial charge in [0.15, 0.2) is 0 Å². The van der Waals surface area contributed by atoms with Crippen LogP contribution in [0.3, 0.4) is 0 Å². The third-order valence-corrected chi connectivity index (χ3v) is 6.47. The summed E-state index contributed by atoms with van der Waals surface area (Å²) >= 11 is 8.35. The third-order valence-electron chi connectivity index (χ3n) is 4.34. The lowest BCUT2D eigenvalue weighted by Gasteiger charge is -2.09. The number of anilines is 1. The summed E-state index contributed by atoms with van der Waals surface area (Å²) in [7, 11) is 1.79. The molecule has 0 aliphatic carbocycles. The second-order valence-electron chi connectivity index (χ2n) is 5.96. The van der Waals surface area contributed by atoms with Gasteiger partial charge in [0.1, 0.15) is 5.75 Å². The molecule has 0 atom stereocenters. The van der Waals surface area contributed by atoms with E-state index in [1.807, 2.05) is 29.7 Å². The number of carbonyl (C=O) groups excluding carboxylic acids is 1. The highest BCUT2D eigenvalue weighted by Crippen LogP contribution is 2.41. The number of hydrogen-bond donors (Lipinski definition) is 1. The number of thiophene rings is 1. The zero-order valence-electron chi connectivity index (χ0n) is 13.7. The summed E-state index contributed by atoms with van der Waals surface area (Å²) in [5.74, 6) is 0.103. The Labute approximate surface area is 171 Å². The number of phenols is 1. The van der Waals surface area contributed by atoms with Crippen LogP contribution in [0, 0.1) is 0 Å². The summed E-state index contributed by atoms with van der Waals surface area (Å²) in [5.41, 5.74) is 4.39. The standard InChI is InChI=1S/C20H13Br2NO2S/c1-23-17-5-4-12(18-3-2-6-26-18)10-13(17)14(20(23)25)7-11-8-15(21)19(24)16(22)9-11/h2-10,24H,1H3. The molecule has 3 aromatic rings. The van der Waals surface area contributed by atoms with Gasteiger partial charge in [-0.2, -0.15) is 0 Å². The lowest BCUT2D eigenvalue weighted by molar-refractivity contribution is -0.112. The fourth-order valence-corrected chi connectivity index (χ4v) is 4.97. The summed E-state index contributed by atoms with van der Waals surface area (Å²) in [4.78, 5) is 15.6. The van der Waals surface area contributed by atoms with E-state index in [4.69, 9.17) is 0 Å². The topological polar surface area (TPSA) is 40.5 Å². The molecule has 1 aliphatic heterocycles. The molecule has 0 fully saturated rings. The smallest absolute Gasteiger partial charge is 0.258 e. The second-order valence-corrected chi connectivity index (χ2v) is 8.62. The van der Waals surface area contributed by atoms with Crippen molar-refractivity contribution in [2.45, 2.75) is 0 Å². The van der Waals surface area contributed by atoms with Gasteiger partial charge < -0.3 is 10.0 Å². The number of likely N-dealkylation sites (N-methyl/N-ethyl adjacent to an activating group) is 1. The molecule has 2 heterocycles. The Morgan fingerprint density at radius 3 is 2.50 bits per heavy atom. The van der Waals surface area contributed by atoms with E-state index < -0.39 is 0 Å². The molecule has 0 spiro atoms. The van der Waals surface area contributed by atoms with Gasteiger partial charge in [0, 0.05) is 23.1 Å². The van der Waals surface area contributed by atoms with E-state index >= 15 is 0 Å². The Kier molecular flexibility index (Phi) is 4.50. The Bertz CT molecular complexity index is 1030. The molecule has 1 aromatic heterocycles. The Morgan fingerprint density at radius 1 is 1.12 bits per heavy atom. The van der Waals surface area contributed by atoms with Crippen LogP contribution >= 0.6 is 43.2 Å². The molecule has 6 heteroatoms. The molecular weight excluding hydrogens is 478 g/mol. The minimum atomic E-state index is -0.0383. The van der Waals surface area contributed by atoms with E-state index in [1.54, 1.807) is 35.4 Å². The van der Waals surface area contributed by atoms with Crippen molar-refractivity contribution in [3.8, 4) is 16.2 Å². The van der Waals surface area contributed by atoms with Crippen LogP contribution in [0.4, 0.5) is 5.69 Å². The first-order chi connectivity index (χ1) is 12.5. The van der Waals surface area contributed by atoms with Crippen LogP contribution in [0.2, 0.25) is 0 Å². The van der Waals surface area contributed by atoms with E-state index in [0.717, 1.165) is 22.4 Å². The summed E-state index contributed by atoms with van der Waals surface area (Å²) in [5, 5.41) is 11.9. The van der Waals surface area contributed by atoms with Crippen molar-refractivity contribution in [3.63, 3.8) is 0 Å². The van der Waals surface area contributed by atoms with Gasteiger partial charge in [0.05, 0.1) is 14.6 Å². The van der Waals surface area contributed by atoms with Gasteiger partial charge in [-0.25, -0.2) is 0 Å². The predicted molar refractivity (Wildman–Crippen MR) is 115 cm³/mol. The summed E-state index contributed by atoms with van der Waals surface area (Å²) in [6, 6.07) is 13.8. The highest BCUT2D eigenvalue weighted by Gasteiger charge is 2.30. The van der Waals surface area contributed by atoms with Gasteiger partial charge in [-0.05, 0) is 84.8 Å². The second kappa shape index (κ2) is 6.68. The first kappa shape index (κ1) is 17.5. The Balaban J connectivity index is 1.86. The SMILES string of the molecule is CN1C(=O)C(=Cc2cc(Br)c(O)c(Br)c2)c2cc(-c3cccs3)ccc21. The molecule has 0 saturated heterocycles. The van der Waals surface area contributed by atoms with Crippen LogP contribution in [0.15, 0.2) is 56.8 Å². The molecule has 0 bridgehead atoms. The fourth-order valence-electron chi connectivity index (χ4n) is 3.02. The van der Waals surface area contributed by atoms with Crippen molar-refractivity contribution in [3.05, 3.63) is 67.9 Å². The number of carbonyl (C=O) groups is 1. The average Bonchev–Trinajstić information content (AvgIpc) is 3.23. The number of nitrogens with zero attached hydrogens (tertiary/aromatic N) is 1. The van der Waals surface area contributed by atoms with Crippen molar-refractivity contribution >= 4 is 66.4 Å². The maximum Gasteiger partial charge on any atom is 0.258 e. The van der Waals surface area contributed by atoms with E-state index in [1.165, 1.54) is 4.88 Å². The number of benzene rings is 2. The molecule has 4 rings (SSSR count). The number of rotatable bonds is 2. The molecule has 1 aliphatic rings. The lowest BCUT2D eigenvalue weighted by Crippen LogP contribution is -2.20. The molecule has 2 aromatic carbocycles. The molecule has 3 nitrogen and oxygen atoms in total. The van der Waals surface area contributed by atoms with Gasteiger partial charge in [-0.1, -0.05) is 12.1 Å². The van der Waals surface area contributed by atoms with Crippen LogP contribution < -0.4 is 4.90 Å². The van der Waals surface area contributed by atoms with Gasteiger partial charge in [0.25, 0.3) is 5.91 Å². The van der Waals surface area contributed by atoms with Crippen LogP contribution in [-0.4, -0.2) is 18.1 Å². The molecule has 1 amide bonds. The maximum absolute atomic E-state index is 12.8. The van der Waals surface area contributed by atoms with E-state index in [0.29, 0.717) is 14.5 Å². The zero-order valence-corrected chi connectivity index (χ0v) is 17.7. The number of aromatic hydroxyl groups is 1. The summed E-state index contributed by atoms with van der Waals surface area (Å²) < 4.78 is 1.15. The highest BCUT2D eigenvalue weighted by molar-refractivity contribution is 9.11. The highest BCUT2D eigenvalue weighted by atomic mass is 79.9. The number of phenolic OH excluding ortho intramolecular Hbond substituents is 1. The van der Waals surface area contributed by atoms with E-state index in [2.05, 4.69) is 44.0 Å². The van der Waals surface area contributed by atoms with Gasteiger partial charge >= 0.3 is 0 Å². The van der Waals surface area contributed by atoms with Crippen molar-refractivity contribution in [2.24, 2.45) is 0 Å². The van der Waals surface area contributed by atoms with Crippen LogP contribution in [0.25, 0.3) is 22.1 Å². The van der Waals surface area contributed by atoms with Crippen molar-refractivity contribution in [1.82, 2.24) is 0 Å². The quantitative estimate of drug-likeness (QED) is 0.437. The average molecular weight is 491 g/mol. The maximum atomic E-state index is 12.8. The number of amides is 1. The molecule has 26 heavy (non-hydrogen) atoms. The molecule has 0 saturated carbocycles. The van der Waals surface area contributed by atoms with Gasteiger partial charge in [-0.3, -0.25) is 4.79 Å². The monoisotopic (exact) mass is 489 g/mol. The minimum Gasteiger partial charge on any atom is -0.506 e. The number of fused-ring (bicyclic) bond motifs is 1. The van der Waals surface area contributed by atoms with Gasteiger partial charge in [0.2, 0.25) is 0 Å². The largest absolute Gasteiger partial charge is 0.506 e. The van der Waals surface area contributed by atoms with Crippen molar-refractivity contribution in [1.29, 1.82) is 0 Å². The van der Waals surface area contributed by atoms with E-state index in [9.17, 15) is 9.90 Å². The van der Waals surface area contributed by atoms with Crippen LogP contribution in [0.5, 0.6) is 5.75 Å². The molecule has 0 unspecified atom stereocenters. The van der Waals surface area contributed by atoms with Crippen molar-refractivity contribution in [2.75, 3.05) is 11.9 Å². The summed E-state index contributed by atoms with van der Waals surface area (Å²) in [6.45, 7) is 0. The lowest BCUT2D eigenvalue weighted by atomic mass is 10.0. The Morgan fingerprint density at radius 2 is 1.85 bits per heavy atom. The molecule has 0 radical (unpaired) electrons. The van der Waals surface area contributed by atoms with Crippen LogP contribution in [0.1, 0.15) is 11.1 Å². The molecular formula is C20H13Br2NO2S. The first-order valence-corrected chi connectivity index (χ1v) is 10.3. The molecule has 130 valence electrons. The predicted octanol–water partition coefficient (Wildman–Crippen LogP) is 6.16. The van der Waals surface area contributed by atoms with Gasteiger partial charge in [-0.15, -0.1) is 11.3 Å². The first-order valence-electron chi connectivity index (χ1n) is 7.82. The zero-order chi connectivity index (χ0) is 18.4. The van der Waals surface area contributed by atoms with Crippen molar-refractivity contribution < 1.29 is 9.90 Å². The minimum absolute atomic E-state index is 0.0383. The fraction of sp³-hybridized carbons (Fsp3) is 0.0500. The van der Waals surface area contributed by atoms with Crippen LogP contribution in [-0.2, 0) is 4.79 Å². The number of hydrogen-bond acceptors (Lipinski definition) is 3. The third kappa shape index (κ3) is 2.92. The normalized spacial score (nSPS) is 15.0. The van der Waals surface area contributed by atoms with E-state index in [-0.39, 0.29) is 11.7 Å². The summed E-state index contributed by atoms with van der Waals surface area (Å²) in [6.07, 6.45) is 1.86.